The van der Waals surface area contributed by atoms with Crippen molar-refractivity contribution in [3.8, 4) is 5.75 Å². The van der Waals surface area contributed by atoms with Crippen molar-refractivity contribution in [3.63, 3.8) is 0 Å². The number of nitrogens with one attached hydrogen (secondary N) is 1. The van der Waals surface area contributed by atoms with Gasteiger partial charge in [-0.3, -0.25) is 4.72 Å². The van der Waals surface area contributed by atoms with E-state index in [4.69, 9.17) is 9.47 Å². The van der Waals surface area contributed by atoms with Crippen molar-refractivity contribution in [1.29, 1.82) is 0 Å². The zero-order valence-corrected chi connectivity index (χ0v) is 11.5. The van der Waals surface area contributed by atoms with Gasteiger partial charge in [-0.15, -0.1) is 0 Å². The number of methoxy groups -OCH3 is 1. The highest BCUT2D eigenvalue weighted by atomic mass is 32.2. The Morgan fingerprint density at radius 2 is 1.83 bits per heavy atom. The molecule has 0 saturated heterocycles. The van der Waals surface area contributed by atoms with Crippen molar-refractivity contribution in [3.05, 3.63) is 24.3 Å². The Labute approximate surface area is 108 Å². The Balaban J connectivity index is 2.55. The van der Waals surface area contributed by atoms with Crippen LogP contribution < -0.4 is 9.46 Å². The van der Waals surface area contributed by atoms with E-state index in [9.17, 15) is 8.42 Å². The first-order chi connectivity index (χ1) is 8.57. The molecule has 0 amide bonds. The maximum atomic E-state index is 11.5. The third-order valence-corrected chi connectivity index (χ3v) is 3.65. The highest BCUT2D eigenvalue weighted by Gasteiger charge is 2.08. The lowest BCUT2D eigenvalue weighted by Gasteiger charge is -2.09. The molecule has 0 heterocycles. The lowest BCUT2D eigenvalue weighted by atomic mass is 10.3. The average molecular weight is 273 g/mol. The molecule has 0 unspecified atom stereocenters. The Bertz CT molecular complexity index is 442. The second-order valence-corrected chi connectivity index (χ2v) is 5.63. The Hall–Kier alpha value is -1.27. The normalized spacial score (nSPS) is 11.2. The number of ether oxygens (including phenoxy) is 2. The zero-order valence-electron chi connectivity index (χ0n) is 10.7. The van der Waals surface area contributed by atoms with Crippen LogP contribution in [0.4, 0.5) is 5.69 Å². The molecule has 1 aromatic carbocycles. The smallest absolute Gasteiger partial charge is 0.232 e. The molecule has 0 radical (unpaired) electrons. The molecule has 18 heavy (non-hydrogen) atoms. The lowest BCUT2D eigenvalue weighted by molar-refractivity contribution is 0.146. The summed E-state index contributed by atoms with van der Waals surface area (Å²) in [6, 6.07) is 6.80. The standard InChI is InChI=1S/C12H19NO4S/c1-3-10-18(14,15)13-11-4-6-12(7-5-11)17-9-8-16-2/h4-7,13H,3,8-10H2,1-2H3. The van der Waals surface area contributed by atoms with Crippen molar-refractivity contribution >= 4 is 15.7 Å². The van der Waals surface area contributed by atoms with E-state index < -0.39 is 10.0 Å². The van der Waals surface area contributed by atoms with Gasteiger partial charge in [0.25, 0.3) is 0 Å². The van der Waals surface area contributed by atoms with Gasteiger partial charge in [-0.1, -0.05) is 6.92 Å². The second kappa shape index (κ2) is 7.23. The fourth-order valence-electron chi connectivity index (χ4n) is 1.36. The SMILES string of the molecule is CCCS(=O)(=O)Nc1ccc(OCCOC)cc1. The van der Waals surface area contributed by atoms with Crippen LogP contribution in [0.3, 0.4) is 0 Å². The van der Waals surface area contributed by atoms with Crippen molar-refractivity contribution in [2.24, 2.45) is 0 Å². The molecule has 0 spiro atoms. The first-order valence-electron chi connectivity index (χ1n) is 5.79. The molecule has 0 aromatic heterocycles. The van der Waals surface area contributed by atoms with Gasteiger partial charge >= 0.3 is 0 Å². The van der Waals surface area contributed by atoms with E-state index in [1.165, 1.54) is 0 Å². The minimum absolute atomic E-state index is 0.124. The van der Waals surface area contributed by atoms with Gasteiger partial charge in [-0.2, -0.15) is 0 Å². The lowest BCUT2D eigenvalue weighted by Crippen LogP contribution is -2.15. The van der Waals surface area contributed by atoms with Crippen LogP contribution in [-0.2, 0) is 14.8 Å². The third kappa shape index (κ3) is 5.37. The maximum Gasteiger partial charge on any atom is 0.232 e. The van der Waals surface area contributed by atoms with Crippen LogP contribution in [0.15, 0.2) is 24.3 Å². The molecule has 6 heteroatoms. The van der Waals surface area contributed by atoms with Gasteiger partial charge in [0, 0.05) is 12.8 Å². The number of sulfonamides is 1. The molecule has 5 nitrogen and oxygen atoms in total. The van der Waals surface area contributed by atoms with Gasteiger partial charge < -0.3 is 9.47 Å². The molecule has 102 valence electrons. The molecule has 1 aromatic rings. The highest BCUT2D eigenvalue weighted by Crippen LogP contribution is 2.16. The summed E-state index contributed by atoms with van der Waals surface area (Å²) in [4.78, 5) is 0. The predicted molar refractivity (Wildman–Crippen MR) is 71.5 cm³/mol. The summed E-state index contributed by atoms with van der Waals surface area (Å²) in [6.45, 7) is 2.81. The van der Waals surface area contributed by atoms with Crippen LogP contribution in [0.25, 0.3) is 0 Å². The maximum absolute atomic E-state index is 11.5. The minimum atomic E-state index is -3.23. The molecule has 1 rings (SSSR count). The molecule has 0 fully saturated rings. The molecule has 0 aliphatic heterocycles. The van der Waals surface area contributed by atoms with Crippen LogP contribution >= 0.6 is 0 Å². The Kier molecular flexibility index (Phi) is 5.94. The summed E-state index contributed by atoms with van der Waals surface area (Å²) in [5, 5.41) is 0. The van der Waals surface area contributed by atoms with Gasteiger partial charge in [-0.25, -0.2) is 8.42 Å². The summed E-state index contributed by atoms with van der Waals surface area (Å²) in [5.41, 5.74) is 0.544. The van der Waals surface area contributed by atoms with E-state index in [1.54, 1.807) is 31.4 Å². The topological polar surface area (TPSA) is 64.6 Å². The van der Waals surface area contributed by atoms with E-state index in [1.807, 2.05) is 6.92 Å². The number of hydrogen-bond acceptors (Lipinski definition) is 4. The highest BCUT2D eigenvalue weighted by molar-refractivity contribution is 7.92. The number of hydrogen-bond donors (Lipinski definition) is 1. The van der Waals surface area contributed by atoms with Crippen molar-refractivity contribution in [2.75, 3.05) is 30.8 Å². The fourth-order valence-corrected chi connectivity index (χ4v) is 2.50. The number of benzene rings is 1. The van der Waals surface area contributed by atoms with Crippen LogP contribution in [0.2, 0.25) is 0 Å². The van der Waals surface area contributed by atoms with Crippen molar-refractivity contribution < 1.29 is 17.9 Å². The first kappa shape index (κ1) is 14.8. The summed E-state index contributed by atoms with van der Waals surface area (Å²) in [6.07, 6.45) is 0.591. The second-order valence-electron chi connectivity index (χ2n) is 3.79. The number of anilines is 1. The van der Waals surface area contributed by atoms with Crippen LogP contribution in [0.1, 0.15) is 13.3 Å². The molecular formula is C12H19NO4S. The van der Waals surface area contributed by atoms with Crippen molar-refractivity contribution in [2.45, 2.75) is 13.3 Å². The Morgan fingerprint density at radius 1 is 1.17 bits per heavy atom. The summed E-state index contributed by atoms with van der Waals surface area (Å²) in [7, 11) is -1.62. The third-order valence-electron chi connectivity index (χ3n) is 2.16. The van der Waals surface area contributed by atoms with E-state index in [0.717, 1.165) is 0 Å². The Morgan fingerprint density at radius 3 is 2.39 bits per heavy atom. The summed E-state index contributed by atoms with van der Waals surface area (Å²) in [5.74, 6) is 0.810. The van der Waals surface area contributed by atoms with E-state index in [0.29, 0.717) is 31.1 Å². The summed E-state index contributed by atoms with van der Waals surface area (Å²) >= 11 is 0. The fraction of sp³-hybridized carbons (Fsp3) is 0.500. The van der Waals surface area contributed by atoms with E-state index in [2.05, 4.69) is 4.72 Å². The van der Waals surface area contributed by atoms with Crippen LogP contribution in [0, 0.1) is 0 Å². The van der Waals surface area contributed by atoms with E-state index >= 15 is 0 Å². The number of rotatable bonds is 8. The molecule has 0 bridgehead atoms. The predicted octanol–water partition coefficient (Wildman–Crippen LogP) is 1.86. The monoisotopic (exact) mass is 273 g/mol. The van der Waals surface area contributed by atoms with Gasteiger partial charge in [0.05, 0.1) is 12.4 Å². The van der Waals surface area contributed by atoms with Gasteiger partial charge in [0.2, 0.25) is 10.0 Å². The van der Waals surface area contributed by atoms with Crippen LogP contribution in [0.5, 0.6) is 5.75 Å². The molecule has 1 N–H and O–H groups in total. The zero-order chi connectivity index (χ0) is 13.4. The molecule has 0 atom stereocenters. The van der Waals surface area contributed by atoms with Crippen LogP contribution in [-0.4, -0.2) is 34.5 Å². The first-order valence-corrected chi connectivity index (χ1v) is 7.45. The van der Waals surface area contributed by atoms with E-state index in [-0.39, 0.29) is 5.75 Å². The molecule has 0 saturated carbocycles. The minimum Gasteiger partial charge on any atom is -0.491 e. The average Bonchev–Trinajstić information content (AvgIpc) is 2.31. The molecular weight excluding hydrogens is 254 g/mol. The molecule has 0 aliphatic rings. The molecule has 0 aliphatic carbocycles. The van der Waals surface area contributed by atoms with Gasteiger partial charge in [-0.05, 0) is 30.7 Å². The quantitative estimate of drug-likeness (QED) is 0.734. The van der Waals surface area contributed by atoms with Gasteiger partial charge in [0.1, 0.15) is 12.4 Å². The summed E-state index contributed by atoms with van der Waals surface area (Å²) < 4.78 is 35.8. The van der Waals surface area contributed by atoms with Gasteiger partial charge in [0.15, 0.2) is 0 Å². The largest absolute Gasteiger partial charge is 0.491 e. The van der Waals surface area contributed by atoms with Crippen molar-refractivity contribution in [1.82, 2.24) is 0 Å².